The van der Waals surface area contributed by atoms with Crippen LogP contribution in [0.2, 0.25) is 0 Å². The van der Waals surface area contributed by atoms with Gasteiger partial charge < -0.3 is 15.2 Å². The summed E-state index contributed by atoms with van der Waals surface area (Å²) in [6.07, 6.45) is 0.720. The number of hydrogen-bond donors (Lipinski definition) is 2. The molecule has 0 aliphatic heterocycles. The summed E-state index contributed by atoms with van der Waals surface area (Å²) in [5, 5.41) is 12.0. The van der Waals surface area contributed by atoms with Gasteiger partial charge in [-0.25, -0.2) is 0 Å². The van der Waals surface area contributed by atoms with Gasteiger partial charge in [-0.2, -0.15) is 0 Å². The molecule has 0 spiro atoms. The van der Waals surface area contributed by atoms with E-state index in [2.05, 4.69) is 5.32 Å². The minimum atomic E-state index is -0.0727. The Hall–Kier alpha value is -1.55. The van der Waals surface area contributed by atoms with Gasteiger partial charge in [-0.15, -0.1) is 0 Å². The molecule has 1 amide bonds. The zero-order chi connectivity index (χ0) is 13.4. The van der Waals surface area contributed by atoms with Crippen molar-refractivity contribution in [3.05, 3.63) is 29.8 Å². The topological polar surface area (TPSA) is 58.6 Å². The number of nitrogens with one attached hydrogen (secondary N) is 1. The number of benzene rings is 1. The number of ether oxygens (including phenoxy) is 1. The van der Waals surface area contributed by atoms with Crippen molar-refractivity contribution in [1.82, 2.24) is 5.32 Å². The van der Waals surface area contributed by atoms with Gasteiger partial charge in [0, 0.05) is 26.0 Å². The largest absolute Gasteiger partial charge is 0.494 e. The van der Waals surface area contributed by atoms with E-state index in [1.165, 1.54) is 6.92 Å². The molecule has 0 saturated carbocycles. The summed E-state index contributed by atoms with van der Waals surface area (Å²) in [5.74, 6) is 0.800. The molecule has 0 aliphatic carbocycles. The number of aliphatic hydroxyl groups is 1. The minimum Gasteiger partial charge on any atom is -0.494 e. The Balaban J connectivity index is 2.57. The Kier molecular flexibility index (Phi) is 6.22. The van der Waals surface area contributed by atoms with Crippen molar-refractivity contribution in [2.75, 3.05) is 19.8 Å². The highest BCUT2D eigenvalue weighted by Crippen LogP contribution is 2.16. The number of carbonyl (C=O) groups is 1. The second-order valence-electron chi connectivity index (χ2n) is 4.27. The van der Waals surface area contributed by atoms with Gasteiger partial charge in [0.1, 0.15) is 5.75 Å². The Morgan fingerprint density at radius 1 is 1.50 bits per heavy atom. The minimum absolute atomic E-state index is 0.0331. The van der Waals surface area contributed by atoms with E-state index in [1.54, 1.807) is 0 Å². The summed E-state index contributed by atoms with van der Waals surface area (Å²) in [6.45, 7) is 4.60. The SMILES string of the molecule is CCOc1cccc(CC(CO)CNC(C)=O)c1. The maximum Gasteiger partial charge on any atom is 0.216 e. The lowest BCUT2D eigenvalue weighted by Crippen LogP contribution is -2.30. The van der Waals surface area contributed by atoms with E-state index in [-0.39, 0.29) is 18.4 Å². The fraction of sp³-hybridized carbons (Fsp3) is 0.500. The van der Waals surface area contributed by atoms with Gasteiger partial charge in [-0.05, 0) is 31.0 Å². The van der Waals surface area contributed by atoms with Crippen LogP contribution in [0, 0.1) is 5.92 Å². The molecule has 4 nitrogen and oxygen atoms in total. The lowest BCUT2D eigenvalue weighted by atomic mass is 10.00. The molecule has 4 heteroatoms. The van der Waals surface area contributed by atoms with Crippen LogP contribution in [0.25, 0.3) is 0 Å². The van der Waals surface area contributed by atoms with Crippen LogP contribution in [-0.2, 0) is 11.2 Å². The van der Waals surface area contributed by atoms with Gasteiger partial charge in [0.2, 0.25) is 5.91 Å². The first-order chi connectivity index (χ1) is 8.65. The molecule has 1 unspecified atom stereocenters. The van der Waals surface area contributed by atoms with E-state index < -0.39 is 0 Å². The van der Waals surface area contributed by atoms with Crippen molar-refractivity contribution < 1.29 is 14.6 Å². The predicted molar refractivity (Wildman–Crippen MR) is 70.6 cm³/mol. The average molecular weight is 251 g/mol. The second kappa shape index (κ2) is 7.71. The maximum absolute atomic E-state index is 10.8. The molecule has 0 aliphatic rings. The van der Waals surface area contributed by atoms with Crippen LogP contribution in [-0.4, -0.2) is 30.8 Å². The van der Waals surface area contributed by atoms with Gasteiger partial charge in [-0.1, -0.05) is 12.1 Å². The van der Waals surface area contributed by atoms with Crippen LogP contribution in [0.1, 0.15) is 19.4 Å². The van der Waals surface area contributed by atoms with Crippen molar-refractivity contribution in [3.8, 4) is 5.75 Å². The van der Waals surface area contributed by atoms with Crippen LogP contribution >= 0.6 is 0 Å². The van der Waals surface area contributed by atoms with Crippen molar-refractivity contribution >= 4 is 5.91 Å². The molecule has 1 aromatic carbocycles. The van der Waals surface area contributed by atoms with Crippen LogP contribution in [0.3, 0.4) is 0 Å². The molecular formula is C14H21NO3. The second-order valence-corrected chi connectivity index (χ2v) is 4.27. The van der Waals surface area contributed by atoms with Crippen molar-refractivity contribution in [3.63, 3.8) is 0 Å². The lowest BCUT2D eigenvalue weighted by Gasteiger charge is -2.15. The zero-order valence-corrected chi connectivity index (χ0v) is 11.0. The molecule has 1 aromatic rings. The fourth-order valence-electron chi connectivity index (χ4n) is 1.75. The van der Waals surface area contributed by atoms with Gasteiger partial charge in [0.15, 0.2) is 0 Å². The Morgan fingerprint density at radius 3 is 2.89 bits per heavy atom. The monoisotopic (exact) mass is 251 g/mol. The smallest absolute Gasteiger partial charge is 0.216 e. The molecule has 0 heterocycles. The normalized spacial score (nSPS) is 11.9. The molecule has 18 heavy (non-hydrogen) atoms. The molecule has 1 rings (SSSR count). The standard InChI is InChI=1S/C14H21NO3/c1-3-18-14-6-4-5-12(8-14)7-13(10-16)9-15-11(2)17/h4-6,8,13,16H,3,7,9-10H2,1-2H3,(H,15,17). The first kappa shape index (κ1) is 14.5. The van der Waals surface area contributed by atoms with Gasteiger partial charge >= 0.3 is 0 Å². The molecule has 100 valence electrons. The fourth-order valence-corrected chi connectivity index (χ4v) is 1.75. The van der Waals surface area contributed by atoms with Crippen LogP contribution in [0.4, 0.5) is 0 Å². The first-order valence-electron chi connectivity index (χ1n) is 6.22. The molecule has 0 radical (unpaired) electrons. The molecule has 0 aromatic heterocycles. The van der Waals surface area contributed by atoms with E-state index in [0.717, 1.165) is 17.7 Å². The number of carbonyl (C=O) groups excluding carboxylic acids is 1. The highest BCUT2D eigenvalue weighted by Gasteiger charge is 2.09. The van der Waals surface area contributed by atoms with Crippen LogP contribution in [0.15, 0.2) is 24.3 Å². The number of amides is 1. The third-order valence-electron chi connectivity index (χ3n) is 2.63. The van der Waals surface area contributed by atoms with E-state index >= 15 is 0 Å². The van der Waals surface area contributed by atoms with Crippen molar-refractivity contribution in [1.29, 1.82) is 0 Å². The Morgan fingerprint density at radius 2 is 2.28 bits per heavy atom. The summed E-state index contributed by atoms with van der Waals surface area (Å²) in [6, 6.07) is 7.82. The summed E-state index contributed by atoms with van der Waals surface area (Å²) in [5.41, 5.74) is 1.10. The van der Waals surface area contributed by atoms with E-state index in [9.17, 15) is 9.90 Å². The summed E-state index contributed by atoms with van der Waals surface area (Å²) >= 11 is 0. The predicted octanol–water partition coefficient (Wildman–Crippen LogP) is 1.37. The third-order valence-corrected chi connectivity index (χ3v) is 2.63. The summed E-state index contributed by atoms with van der Waals surface area (Å²) in [4.78, 5) is 10.8. The van der Waals surface area contributed by atoms with Crippen LogP contribution in [0.5, 0.6) is 5.75 Å². The third kappa shape index (κ3) is 5.19. The van der Waals surface area contributed by atoms with E-state index in [0.29, 0.717) is 13.2 Å². The summed E-state index contributed by atoms with van der Waals surface area (Å²) < 4.78 is 5.43. The highest BCUT2D eigenvalue weighted by molar-refractivity contribution is 5.72. The average Bonchev–Trinajstić information content (AvgIpc) is 2.35. The van der Waals surface area contributed by atoms with Crippen molar-refractivity contribution in [2.45, 2.75) is 20.3 Å². The molecule has 0 fully saturated rings. The number of hydrogen-bond acceptors (Lipinski definition) is 3. The molecule has 2 N–H and O–H groups in total. The Bertz CT molecular complexity index is 379. The zero-order valence-electron chi connectivity index (χ0n) is 11.0. The highest BCUT2D eigenvalue weighted by atomic mass is 16.5. The molecule has 0 saturated heterocycles. The first-order valence-corrected chi connectivity index (χ1v) is 6.22. The molecule has 0 bridgehead atoms. The molecule has 1 atom stereocenters. The maximum atomic E-state index is 10.8. The van der Waals surface area contributed by atoms with E-state index in [4.69, 9.17) is 4.74 Å². The van der Waals surface area contributed by atoms with Crippen molar-refractivity contribution in [2.24, 2.45) is 5.92 Å². The van der Waals surface area contributed by atoms with Crippen LogP contribution < -0.4 is 10.1 Å². The Labute approximate surface area is 108 Å². The molecular weight excluding hydrogens is 230 g/mol. The van der Waals surface area contributed by atoms with Gasteiger partial charge in [0.05, 0.1) is 6.61 Å². The van der Waals surface area contributed by atoms with Gasteiger partial charge in [-0.3, -0.25) is 4.79 Å². The lowest BCUT2D eigenvalue weighted by molar-refractivity contribution is -0.119. The van der Waals surface area contributed by atoms with E-state index in [1.807, 2.05) is 31.2 Å². The summed E-state index contributed by atoms with van der Waals surface area (Å²) in [7, 11) is 0. The number of aliphatic hydroxyl groups excluding tert-OH is 1. The number of rotatable bonds is 7. The quantitative estimate of drug-likeness (QED) is 0.769. The van der Waals surface area contributed by atoms with Gasteiger partial charge in [0.25, 0.3) is 0 Å².